The van der Waals surface area contributed by atoms with Crippen molar-refractivity contribution >= 4 is 39.4 Å². The lowest BCUT2D eigenvalue weighted by Gasteiger charge is -2.12. The van der Waals surface area contributed by atoms with Crippen molar-refractivity contribution in [3.8, 4) is 11.5 Å². The van der Waals surface area contributed by atoms with Crippen LogP contribution in [0.15, 0.2) is 71.2 Å². The molecule has 0 fully saturated rings. The van der Waals surface area contributed by atoms with Gasteiger partial charge in [0.05, 0.1) is 12.1 Å². The molecule has 0 unspecified atom stereocenters. The van der Waals surface area contributed by atoms with E-state index < -0.39 is 0 Å². The minimum absolute atomic E-state index is 0.0380. The number of rotatable bonds is 7. The zero-order valence-electron chi connectivity index (χ0n) is 16.1. The number of ether oxygens (including phenoxy) is 2. The van der Waals surface area contributed by atoms with Crippen molar-refractivity contribution in [2.45, 2.75) is 13.5 Å². The largest absolute Gasteiger partial charge is 0.496 e. The molecular formula is C24H20BrClO3. The summed E-state index contributed by atoms with van der Waals surface area (Å²) in [5.41, 5.74) is 3.46. The second-order valence-electron chi connectivity index (χ2n) is 6.50. The van der Waals surface area contributed by atoms with Gasteiger partial charge in [-0.2, -0.15) is 0 Å². The number of halogens is 2. The third-order valence-corrected chi connectivity index (χ3v) is 5.10. The molecule has 0 spiro atoms. The van der Waals surface area contributed by atoms with Gasteiger partial charge in [0.25, 0.3) is 0 Å². The first-order chi connectivity index (χ1) is 14.0. The Morgan fingerprint density at radius 3 is 2.59 bits per heavy atom. The summed E-state index contributed by atoms with van der Waals surface area (Å²) < 4.78 is 12.2. The Labute approximate surface area is 184 Å². The molecule has 3 aromatic rings. The zero-order valence-corrected chi connectivity index (χ0v) is 18.5. The summed E-state index contributed by atoms with van der Waals surface area (Å²) >= 11 is 9.60. The quantitative estimate of drug-likeness (QED) is 0.278. The van der Waals surface area contributed by atoms with E-state index in [4.69, 9.17) is 21.1 Å². The second kappa shape index (κ2) is 9.77. The smallest absolute Gasteiger partial charge is 0.185 e. The number of ketones is 1. The van der Waals surface area contributed by atoms with E-state index in [1.54, 1.807) is 25.3 Å². The number of benzene rings is 3. The van der Waals surface area contributed by atoms with E-state index >= 15 is 0 Å². The average molecular weight is 472 g/mol. The molecule has 29 heavy (non-hydrogen) atoms. The van der Waals surface area contributed by atoms with Crippen LogP contribution in [0, 0.1) is 6.92 Å². The summed E-state index contributed by atoms with van der Waals surface area (Å²) in [5, 5.41) is 0.526. The molecular weight excluding hydrogens is 452 g/mol. The van der Waals surface area contributed by atoms with Gasteiger partial charge in [-0.05, 0) is 55.0 Å². The van der Waals surface area contributed by atoms with Crippen molar-refractivity contribution in [3.05, 3.63) is 98.5 Å². The lowest BCUT2D eigenvalue weighted by molar-refractivity contribution is 0.104. The number of carbonyl (C=O) groups excluding carboxylic acids is 1. The molecule has 0 aliphatic carbocycles. The fourth-order valence-corrected chi connectivity index (χ4v) is 3.56. The van der Waals surface area contributed by atoms with Gasteiger partial charge in [0.2, 0.25) is 0 Å². The van der Waals surface area contributed by atoms with E-state index in [9.17, 15) is 4.79 Å². The first-order valence-electron chi connectivity index (χ1n) is 9.00. The highest BCUT2D eigenvalue weighted by Crippen LogP contribution is 2.30. The first-order valence-corrected chi connectivity index (χ1v) is 10.2. The Morgan fingerprint density at radius 1 is 1.07 bits per heavy atom. The molecule has 3 nitrogen and oxygen atoms in total. The number of carbonyl (C=O) groups is 1. The van der Waals surface area contributed by atoms with Gasteiger partial charge in [0.15, 0.2) is 5.78 Å². The molecule has 0 aliphatic heterocycles. The number of methoxy groups -OCH3 is 1. The third-order valence-electron chi connectivity index (χ3n) is 4.31. The molecule has 0 N–H and O–H groups in total. The van der Waals surface area contributed by atoms with Crippen LogP contribution in [0.25, 0.3) is 6.08 Å². The van der Waals surface area contributed by atoms with Crippen LogP contribution in [-0.2, 0) is 6.61 Å². The van der Waals surface area contributed by atoms with Gasteiger partial charge in [-0.1, -0.05) is 63.4 Å². The lowest BCUT2D eigenvalue weighted by atomic mass is 10.1. The van der Waals surface area contributed by atoms with Crippen LogP contribution in [-0.4, -0.2) is 12.9 Å². The molecule has 0 heterocycles. The van der Waals surface area contributed by atoms with Gasteiger partial charge in [-0.3, -0.25) is 4.79 Å². The maximum atomic E-state index is 12.4. The molecule has 0 bridgehead atoms. The van der Waals surface area contributed by atoms with E-state index in [0.717, 1.165) is 21.2 Å². The van der Waals surface area contributed by atoms with Crippen molar-refractivity contribution < 1.29 is 14.3 Å². The normalized spacial score (nSPS) is 10.9. The molecule has 0 amide bonds. The zero-order chi connectivity index (χ0) is 20.8. The molecule has 0 aliphatic rings. The number of allylic oxidation sites excluding steroid dienone is 1. The number of aryl methyl sites for hydroxylation is 1. The maximum absolute atomic E-state index is 12.4. The van der Waals surface area contributed by atoms with Crippen LogP contribution in [0.4, 0.5) is 0 Å². The van der Waals surface area contributed by atoms with Crippen LogP contribution in [0.5, 0.6) is 11.5 Å². The highest BCUT2D eigenvalue weighted by atomic mass is 79.9. The number of hydrogen-bond donors (Lipinski definition) is 0. The van der Waals surface area contributed by atoms with Crippen molar-refractivity contribution in [1.29, 1.82) is 0 Å². The van der Waals surface area contributed by atoms with E-state index in [-0.39, 0.29) is 12.4 Å². The monoisotopic (exact) mass is 470 g/mol. The molecule has 0 aromatic heterocycles. The van der Waals surface area contributed by atoms with Crippen molar-refractivity contribution in [1.82, 2.24) is 0 Å². The van der Waals surface area contributed by atoms with Crippen LogP contribution in [0.1, 0.15) is 27.0 Å². The Bertz CT molecular complexity index is 1060. The summed E-state index contributed by atoms with van der Waals surface area (Å²) in [6, 6.07) is 18.7. The van der Waals surface area contributed by atoms with Crippen LogP contribution >= 0.6 is 27.5 Å². The molecule has 5 heteroatoms. The standard InChI is InChI=1S/C24H20BrClO3/c1-16-4-3-5-18(12-16)22(27)9-6-17-7-10-23(28-2)19(13-17)15-29-24-11-8-20(25)14-21(24)26/h3-14H,15H2,1-2H3/b9-6+. The van der Waals surface area contributed by atoms with Crippen molar-refractivity contribution in [2.24, 2.45) is 0 Å². The van der Waals surface area contributed by atoms with E-state index in [1.807, 2.05) is 61.5 Å². The summed E-state index contributed by atoms with van der Waals surface area (Å²) in [6.45, 7) is 2.26. The van der Waals surface area contributed by atoms with Crippen LogP contribution < -0.4 is 9.47 Å². The van der Waals surface area contributed by atoms with Gasteiger partial charge in [0, 0.05) is 15.6 Å². The van der Waals surface area contributed by atoms with Gasteiger partial charge in [-0.15, -0.1) is 0 Å². The average Bonchev–Trinajstić information content (AvgIpc) is 2.71. The van der Waals surface area contributed by atoms with Gasteiger partial charge < -0.3 is 9.47 Å². The summed E-state index contributed by atoms with van der Waals surface area (Å²) in [7, 11) is 1.61. The Balaban J connectivity index is 1.76. The Hall–Kier alpha value is -2.56. The molecule has 3 rings (SSSR count). The first kappa shape index (κ1) is 21.2. The fourth-order valence-electron chi connectivity index (χ4n) is 2.83. The van der Waals surface area contributed by atoms with Gasteiger partial charge in [0.1, 0.15) is 18.1 Å². The van der Waals surface area contributed by atoms with Gasteiger partial charge >= 0.3 is 0 Å². The Morgan fingerprint density at radius 2 is 1.86 bits per heavy atom. The predicted octanol–water partition coefficient (Wildman–Crippen LogP) is 6.89. The highest BCUT2D eigenvalue weighted by Gasteiger charge is 2.08. The molecule has 3 aromatic carbocycles. The SMILES string of the molecule is COc1ccc(/C=C/C(=O)c2cccc(C)c2)cc1COc1ccc(Br)cc1Cl. The third kappa shape index (κ3) is 5.72. The van der Waals surface area contributed by atoms with E-state index in [2.05, 4.69) is 15.9 Å². The molecule has 148 valence electrons. The molecule has 0 atom stereocenters. The van der Waals surface area contributed by atoms with Crippen molar-refractivity contribution in [2.75, 3.05) is 7.11 Å². The Kier molecular flexibility index (Phi) is 7.13. The summed E-state index contributed by atoms with van der Waals surface area (Å²) in [5.74, 6) is 1.26. The summed E-state index contributed by atoms with van der Waals surface area (Å²) in [4.78, 5) is 12.4. The van der Waals surface area contributed by atoms with Gasteiger partial charge in [-0.25, -0.2) is 0 Å². The lowest BCUT2D eigenvalue weighted by Crippen LogP contribution is -2.00. The fraction of sp³-hybridized carbons (Fsp3) is 0.125. The highest BCUT2D eigenvalue weighted by molar-refractivity contribution is 9.10. The second-order valence-corrected chi connectivity index (χ2v) is 7.82. The topological polar surface area (TPSA) is 35.5 Å². The molecule has 0 radical (unpaired) electrons. The van der Waals surface area contributed by atoms with Crippen molar-refractivity contribution in [3.63, 3.8) is 0 Å². The molecule has 0 saturated heterocycles. The van der Waals surface area contributed by atoms with Crippen LogP contribution in [0.2, 0.25) is 5.02 Å². The summed E-state index contributed by atoms with van der Waals surface area (Å²) in [6.07, 6.45) is 3.37. The minimum atomic E-state index is -0.0380. The minimum Gasteiger partial charge on any atom is -0.496 e. The number of hydrogen-bond acceptors (Lipinski definition) is 3. The predicted molar refractivity (Wildman–Crippen MR) is 121 cm³/mol. The maximum Gasteiger partial charge on any atom is 0.185 e. The molecule has 0 saturated carbocycles. The van der Waals surface area contributed by atoms with E-state index in [1.165, 1.54) is 0 Å². The van der Waals surface area contributed by atoms with E-state index in [0.29, 0.717) is 22.1 Å². The van der Waals surface area contributed by atoms with Crippen LogP contribution in [0.3, 0.4) is 0 Å².